The van der Waals surface area contributed by atoms with E-state index >= 15 is 0 Å². The Hall–Kier alpha value is -2.25. The molecular formula is C14H16F2N2O4. The SMILES string of the molecule is CCCCc1cc(=O)oc2[nH]c(=O)nc(OCC(C)(F)F)c12. The van der Waals surface area contributed by atoms with Crippen molar-refractivity contribution in [1.29, 1.82) is 0 Å². The van der Waals surface area contributed by atoms with E-state index in [9.17, 15) is 18.4 Å². The van der Waals surface area contributed by atoms with Crippen LogP contribution in [0, 0.1) is 0 Å². The number of unbranched alkanes of at least 4 members (excludes halogenated alkanes) is 1. The van der Waals surface area contributed by atoms with Gasteiger partial charge in [0.25, 0.3) is 5.92 Å². The molecule has 2 rings (SSSR count). The Morgan fingerprint density at radius 1 is 1.41 bits per heavy atom. The molecule has 0 unspecified atom stereocenters. The lowest BCUT2D eigenvalue weighted by atomic mass is 10.1. The Morgan fingerprint density at radius 3 is 2.77 bits per heavy atom. The van der Waals surface area contributed by atoms with Gasteiger partial charge in [0.2, 0.25) is 11.6 Å². The summed E-state index contributed by atoms with van der Waals surface area (Å²) in [4.78, 5) is 28.9. The summed E-state index contributed by atoms with van der Waals surface area (Å²) in [5.41, 5.74) is -1.04. The third kappa shape index (κ3) is 3.90. The van der Waals surface area contributed by atoms with E-state index in [0.29, 0.717) is 18.9 Å². The van der Waals surface area contributed by atoms with Gasteiger partial charge in [0.05, 0.1) is 0 Å². The van der Waals surface area contributed by atoms with Crippen LogP contribution in [-0.2, 0) is 6.42 Å². The van der Waals surface area contributed by atoms with Crippen molar-refractivity contribution in [2.75, 3.05) is 6.61 Å². The molecule has 0 radical (unpaired) electrons. The number of aryl methyl sites for hydroxylation is 1. The first-order chi connectivity index (χ1) is 10.3. The fourth-order valence-corrected chi connectivity index (χ4v) is 2.00. The highest BCUT2D eigenvalue weighted by Crippen LogP contribution is 2.25. The average molecular weight is 314 g/mol. The molecule has 0 amide bonds. The third-order valence-corrected chi connectivity index (χ3v) is 2.94. The smallest absolute Gasteiger partial charge is 0.351 e. The van der Waals surface area contributed by atoms with Crippen LogP contribution in [-0.4, -0.2) is 22.5 Å². The van der Waals surface area contributed by atoms with E-state index in [-0.39, 0.29) is 17.0 Å². The molecule has 0 atom stereocenters. The Morgan fingerprint density at radius 2 is 2.14 bits per heavy atom. The first-order valence-electron chi connectivity index (χ1n) is 6.88. The van der Waals surface area contributed by atoms with E-state index in [1.807, 2.05) is 6.92 Å². The number of nitrogens with zero attached hydrogens (tertiary/aromatic N) is 1. The van der Waals surface area contributed by atoms with Gasteiger partial charge in [-0.1, -0.05) is 13.3 Å². The van der Waals surface area contributed by atoms with Crippen molar-refractivity contribution in [3.63, 3.8) is 0 Å². The molecule has 8 heteroatoms. The molecular weight excluding hydrogens is 298 g/mol. The van der Waals surface area contributed by atoms with Crippen LogP contribution in [0.3, 0.4) is 0 Å². The van der Waals surface area contributed by atoms with E-state index in [1.54, 1.807) is 0 Å². The van der Waals surface area contributed by atoms with Crippen molar-refractivity contribution >= 4 is 11.1 Å². The molecule has 0 aliphatic carbocycles. The monoisotopic (exact) mass is 314 g/mol. The van der Waals surface area contributed by atoms with Gasteiger partial charge in [-0.2, -0.15) is 4.98 Å². The maximum Gasteiger partial charge on any atom is 0.351 e. The van der Waals surface area contributed by atoms with Crippen molar-refractivity contribution in [2.24, 2.45) is 0 Å². The van der Waals surface area contributed by atoms with Crippen molar-refractivity contribution in [1.82, 2.24) is 9.97 Å². The summed E-state index contributed by atoms with van der Waals surface area (Å²) in [6, 6.07) is 1.26. The number of rotatable bonds is 6. The van der Waals surface area contributed by atoms with Gasteiger partial charge >= 0.3 is 11.3 Å². The Kier molecular flexibility index (Phi) is 4.58. The molecule has 0 saturated carbocycles. The number of alkyl halides is 2. The molecule has 22 heavy (non-hydrogen) atoms. The second kappa shape index (κ2) is 6.25. The lowest BCUT2D eigenvalue weighted by Crippen LogP contribution is -2.23. The van der Waals surface area contributed by atoms with Crippen molar-refractivity contribution in [3.8, 4) is 5.88 Å². The van der Waals surface area contributed by atoms with Crippen LogP contribution >= 0.6 is 0 Å². The summed E-state index contributed by atoms with van der Waals surface area (Å²) >= 11 is 0. The van der Waals surface area contributed by atoms with Crippen LogP contribution < -0.4 is 16.1 Å². The minimum atomic E-state index is -3.07. The molecule has 1 N–H and O–H groups in total. The van der Waals surface area contributed by atoms with Gasteiger partial charge in [0.1, 0.15) is 5.39 Å². The highest BCUT2D eigenvalue weighted by molar-refractivity contribution is 5.82. The molecule has 2 aromatic rings. The predicted octanol–water partition coefficient (Wildman–Crippen LogP) is 2.25. The first kappa shape index (κ1) is 16.1. The van der Waals surface area contributed by atoms with E-state index in [2.05, 4.69) is 9.97 Å². The number of ether oxygens (including phenoxy) is 1. The van der Waals surface area contributed by atoms with E-state index < -0.39 is 23.8 Å². The molecule has 6 nitrogen and oxygen atoms in total. The number of H-pyrrole nitrogens is 1. The van der Waals surface area contributed by atoms with Crippen LogP contribution in [0.1, 0.15) is 32.3 Å². The maximum atomic E-state index is 13.0. The zero-order chi connectivity index (χ0) is 16.3. The topological polar surface area (TPSA) is 85.2 Å². The predicted molar refractivity (Wildman–Crippen MR) is 75.6 cm³/mol. The molecule has 0 aliphatic heterocycles. The molecule has 0 bridgehead atoms. The maximum absolute atomic E-state index is 13.0. The van der Waals surface area contributed by atoms with Gasteiger partial charge < -0.3 is 9.15 Å². The first-order valence-corrected chi connectivity index (χ1v) is 6.88. The lowest BCUT2D eigenvalue weighted by molar-refractivity contribution is -0.0238. The number of nitrogens with one attached hydrogen (secondary N) is 1. The Balaban J connectivity index is 2.58. The number of hydrogen-bond donors (Lipinski definition) is 1. The number of halogens is 2. The molecule has 120 valence electrons. The number of hydrogen-bond acceptors (Lipinski definition) is 5. The fraction of sp³-hybridized carbons (Fsp3) is 0.500. The second-order valence-corrected chi connectivity index (χ2v) is 5.10. The normalized spacial score (nSPS) is 11.8. The van der Waals surface area contributed by atoms with Crippen molar-refractivity contribution < 1.29 is 17.9 Å². The molecule has 0 fully saturated rings. The van der Waals surface area contributed by atoms with Crippen LogP contribution in [0.5, 0.6) is 5.88 Å². The number of fused-ring (bicyclic) bond motifs is 1. The van der Waals surface area contributed by atoms with E-state index in [0.717, 1.165) is 12.8 Å². The zero-order valence-electron chi connectivity index (χ0n) is 12.2. The molecule has 2 aromatic heterocycles. The third-order valence-electron chi connectivity index (χ3n) is 2.94. The van der Waals surface area contributed by atoms with Crippen molar-refractivity contribution in [2.45, 2.75) is 39.0 Å². The summed E-state index contributed by atoms with van der Waals surface area (Å²) < 4.78 is 35.8. The van der Waals surface area contributed by atoms with E-state index in [4.69, 9.17) is 9.15 Å². The molecule has 2 heterocycles. The summed E-state index contributed by atoms with van der Waals surface area (Å²) in [5.74, 6) is -3.33. The highest BCUT2D eigenvalue weighted by Gasteiger charge is 2.24. The minimum Gasteiger partial charge on any atom is -0.471 e. The number of aromatic amines is 1. The summed E-state index contributed by atoms with van der Waals surface area (Å²) in [6.45, 7) is 1.74. The van der Waals surface area contributed by atoms with Gasteiger partial charge in [0.15, 0.2) is 6.61 Å². The van der Waals surface area contributed by atoms with Gasteiger partial charge in [-0.25, -0.2) is 18.4 Å². The molecule has 0 spiro atoms. The Labute approximate surface area is 124 Å². The molecule has 0 aromatic carbocycles. The van der Waals surface area contributed by atoms with Crippen LogP contribution in [0.25, 0.3) is 11.1 Å². The van der Waals surface area contributed by atoms with Gasteiger partial charge in [-0.15, -0.1) is 0 Å². The fourth-order valence-electron chi connectivity index (χ4n) is 2.00. The standard InChI is InChI=1S/C14H16F2N2O4/c1-3-4-5-8-6-9(19)22-12-10(8)11(17-13(20)18-12)21-7-14(2,15)16/h6H,3-5,7H2,1-2H3,(H,17,18,20). The minimum absolute atomic E-state index is 0.118. The van der Waals surface area contributed by atoms with Crippen molar-refractivity contribution in [3.05, 3.63) is 32.5 Å². The molecule has 0 saturated heterocycles. The highest BCUT2D eigenvalue weighted by atomic mass is 19.3. The van der Waals surface area contributed by atoms with Crippen LogP contribution in [0.2, 0.25) is 0 Å². The van der Waals surface area contributed by atoms with Gasteiger partial charge in [0, 0.05) is 13.0 Å². The summed E-state index contributed by atoms with van der Waals surface area (Å²) in [6.07, 6.45) is 2.17. The van der Waals surface area contributed by atoms with Gasteiger partial charge in [-0.05, 0) is 18.4 Å². The largest absolute Gasteiger partial charge is 0.471 e. The second-order valence-electron chi connectivity index (χ2n) is 5.10. The zero-order valence-corrected chi connectivity index (χ0v) is 12.2. The van der Waals surface area contributed by atoms with Crippen LogP contribution in [0.4, 0.5) is 8.78 Å². The quantitative estimate of drug-likeness (QED) is 0.884. The molecule has 0 aliphatic rings. The van der Waals surface area contributed by atoms with Crippen LogP contribution in [0.15, 0.2) is 20.1 Å². The summed E-state index contributed by atoms with van der Waals surface area (Å²) in [7, 11) is 0. The number of aromatic nitrogens is 2. The summed E-state index contributed by atoms with van der Waals surface area (Å²) in [5, 5.41) is 0.247. The Bertz CT molecular complexity index is 772. The van der Waals surface area contributed by atoms with Gasteiger partial charge in [-0.3, -0.25) is 4.98 Å². The average Bonchev–Trinajstić information content (AvgIpc) is 2.40. The lowest BCUT2D eigenvalue weighted by Gasteiger charge is -2.13. The van der Waals surface area contributed by atoms with E-state index in [1.165, 1.54) is 6.07 Å².